The normalized spacial score (nSPS) is 13.9. The predicted molar refractivity (Wildman–Crippen MR) is 45.8 cm³/mol. The molecule has 0 bridgehead atoms. The molecule has 0 radical (unpaired) electrons. The van der Waals surface area contributed by atoms with Crippen molar-refractivity contribution in [3.05, 3.63) is 28.8 Å². The molecule has 0 aliphatic carbocycles. The lowest BCUT2D eigenvalue weighted by Gasteiger charge is -2.07. The van der Waals surface area contributed by atoms with Crippen LogP contribution in [0.15, 0.2) is 18.2 Å². The van der Waals surface area contributed by atoms with E-state index in [-0.39, 0.29) is 0 Å². The molecule has 2 nitrogen and oxygen atoms in total. The minimum atomic E-state index is 0.808. The summed E-state index contributed by atoms with van der Waals surface area (Å²) in [4.78, 5) is 3.06. The first kappa shape index (κ1) is 6.68. The van der Waals surface area contributed by atoms with Gasteiger partial charge in [-0.05, 0) is 12.1 Å². The van der Waals surface area contributed by atoms with Crippen LogP contribution in [-0.4, -0.2) is 6.34 Å². The highest BCUT2D eigenvalue weighted by Crippen LogP contribution is 2.23. The molecule has 3 heteroatoms. The smallest absolute Gasteiger partial charge is 0.235 e. The van der Waals surface area contributed by atoms with E-state index in [1.807, 2.05) is 24.5 Å². The minimum Gasteiger partial charge on any atom is -0.276 e. The van der Waals surface area contributed by atoms with Gasteiger partial charge in [0.2, 0.25) is 6.34 Å². The highest BCUT2D eigenvalue weighted by Gasteiger charge is 2.11. The SMILES string of the molecule is Clc1cccc2c1C[NH+]=CN2. The van der Waals surface area contributed by atoms with Crippen LogP contribution in [0, 0.1) is 0 Å². The first-order valence-electron chi connectivity index (χ1n) is 3.47. The van der Waals surface area contributed by atoms with Crippen molar-refractivity contribution >= 4 is 23.6 Å². The van der Waals surface area contributed by atoms with Crippen molar-refractivity contribution in [3.8, 4) is 0 Å². The third-order valence-electron chi connectivity index (χ3n) is 1.73. The van der Waals surface area contributed by atoms with E-state index in [1.165, 1.54) is 0 Å². The molecule has 0 saturated carbocycles. The molecular formula is C8H8ClN2+. The third-order valence-corrected chi connectivity index (χ3v) is 2.08. The molecule has 0 fully saturated rings. The largest absolute Gasteiger partial charge is 0.276 e. The van der Waals surface area contributed by atoms with Crippen LogP contribution in [0.5, 0.6) is 0 Å². The van der Waals surface area contributed by atoms with Gasteiger partial charge in [-0.1, -0.05) is 17.7 Å². The number of nitrogens with one attached hydrogen (secondary N) is 2. The zero-order valence-corrected chi connectivity index (χ0v) is 6.65. The quantitative estimate of drug-likeness (QED) is 0.574. The topological polar surface area (TPSA) is 26.0 Å². The van der Waals surface area contributed by atoms with Crippen molar-refractivity contribution in [2.45, 2.75) is 6.54 Å². The average Bonchev–Trinajstić information content (AvgIpc) is 2.06. The second-order valence-corrected chi connectivity index (χ2v) is 2.84. The Bertz CT molecular complexity index is 307. The van der Waals surface area contributed by atoms with Gasteiger partial charge in [-0.15, -0.1) is 0 Å². The van der Waals surface area contributed by atoms with Gasteiger partial charge < -0.3 is 0 Å². The van der Waals surface area contributed by atoms with Crippen molar-refractivity contribution in [1.29, 1.82) is 0 Å². The summed E-state index contributed by atoms with van der Waals surface area (Å²) in [6, 6.07) is 5.85. The monoisotopic (exact) mass is 167 g/mol. The highest BCUT2D eigenvalue weighted by molar-refractivity contribution is 6.31. The third kappa shape index (κ3) is 1.10. The number of rotatable bonds is 0. The standard InChI is InChI=1S/C8H7ClN2/c9-7-2-1-3-8-6(7)4-10-5-11-8/h1-3,5H,4H2,(H,10,11)/p+1. The summed E-state index contributed by atoms with van der Waals surface area (Å²) in [7, 11) is 0. The van der Waals surface area contributed by atoms with Crippen LogP contribution in [-0.2, 0) is 6.54 Å². The van der Waals surface area contributed by atoms with E-state index in [0.717, 1.165) is 22.8 Å². The van der Waals surface area contributed by atoms with Crippen LogP contribution in [0.1, 0.15) is 5.56 Å². The summed E-state index contributed by atoms with van der Waals surface area (Å²) < 4.78 is 0. The van der Waals surface area contributed by atoms with E-state index in [1.54, 1.807) is 0 Å². The van der Waals surface area contributed by atoms with Gasteiger partial charge in [0.15, 0.2) is 0 Å². The Kier molecular flexibility index (Phi) is 1.55. The van der Waals surface area contributed by atoms with Gasteiger partial charge in [0, 0.05) is 0 Å². The van der Waals surface area contributed by atoms with Crippen molar-refractivity contribution < 1.29 is 4.99 Å². The van der Waals surface area contributed by atoms with E-state index in [4.69, 9.17) is 11.6 Å². The number of hydrogen-bond acceptors (Lipinski definition) is 1. The molecule has 1 heterocycles. The molecule has 0 saturated heterocycles. The lowest BCUT2D eigenvalue weighted by molar-refractivity contribution is -0.471. The van der Waals surface area contributed by atoms with Crippen molar-refractivity contribution in [1.82, 2.24) is 0 Å². The molecule has 11 heavy (non-hydrogen) atoms. The second kappa shape index (κ2) is 2.55. The van der Waals surface area contributed by atoms with Crippen LogP contribution < -0.4 is 10.3 Å². The fraction of sp³-hybridized carbons (Fsp3) is 0.125. The summed E-state index contributed by atoms with van der Waals surface area (Å²) in [6.07, 6.45) is 1.82. The van der Waals surface area contributed by atoms with Gasteiger partial charge in [0.1, 0.15) is 12.2 Å². The second-order valence-electron chi connectivity index (χ2n) is 2.44. The van der Waals surface area contributed by atoms with Crippen LogP contribution in [0.25, 0.3) is 0 Å². The lowest BCUT2D eigenvalue weighted by Crippen LogP contribution is -2.70. The predicted octanol–water partition coefficient (Wildman–Crippen LogP) is 0.374. The van der Waals surface area contributed by atoms with Crippen LogP contribution in [0.2, 0.25) is 5.02 Å². The molecule has 2 rings (SSSR count). The van der Waals surface area contributed by atoms with E-state index >= 15 is 0 Å². The van der Waals surface area contributed by atoms with Crippen LogP contribution in [0.4, 0.5) is 5.69 Å². The van der Waals surface area contributed by atoms with E-state index < -0.39 is 0 Å². The summed E-state index contributed by atoms with van der Waals surface area (Å²) in [5.41, 5.74) is 2.23. The summed E-state index contributed by atoms with van der Waals surface area (Å²) in [5, 5.41) is 3.90. The molecule has 0 unspecified atom stereocenters. The molecule has 2 N–H and O–H groups in total. The molecule has 1 aliphatic rings. The molecule has 56 valence electrons. The Balaban J connectivity index is 2.54. The maximum absolute atomic E-state index is 5.95. The summed E-state index contributed by atoms with van der Waals surface area (Å²) in [5.74, 6) is 0. The van der Waals surface area contributed by atoms with Gasteiger partial charge in [-0.25, -0.2) is 5.32 Å². The Hall–Kier alpha value is -1.02. The maximum atomic E-state index is 5.95. The molecule has 1 aromatic rings. The Labute approximate surface area is 69.9 Å². The van der Waals surface area contributed by atoms with Gasteiger partial charge in [-0.3, -0.25) is 4.99 Å². The Morgan fingerprint density at radius 3 is 3.18 bits per heavy atom. The Morgan fingerprint density at radius 1 is 1.45 bits per heavy atom. The average molecular weight is 168 g/mol. The number of hydrogen-bond donors (Lipinski definition) is 2. The lowest BCUT2D eigenvalue weighted by atomic mass is 10.1. The molecule has 0 aromatic heterocycles. The molecule has 1 aliphatic heterocycles. The summed E-state index contributed by atoms with van der Waals surface area (Å²) >= 11 is 5.95. The summed E-state index contributed by atoms with van der Waals surface area (Å²) in [6.45, 7) is 0.808. The zero-order valence-electron chi connectivity index (χ0n) is 5.89. The fourth-order valence-corrected chi connectivity index (χ4v) is 1.40. The van der Waals surface area contributed by atoms with Gasteiger partial charge in [0.25, 0.3) is 0 Å². The van der Waals surface area contributed by atoms with Crippen LogP contribution >= 0.6 is 11.6 Å². The number of halogens is 1. The minimum absolute atomic E-state index is 0.808. The molecule has 0 amide bonds. The van der Waals surface area contributed by atoms with Crippen molar-refractivity contribution in [2.75, 3.05) is 5.32 Å². The van der Waals surface area contributed by atoms with E-state index in [2.05, 4.69) is 10.3 Å². The van der Waals surface area contributed by atoms with Crippen LogP contribution in [0.3, 0.4) is 0 Å². The first-order chi connectivity index (χ1) is 5.38. The Morgan fingerprint density at radius 2 is 2.36 bits per heavy atom. The van der Waals surface area contributed by atoms with Gasteiger partial charge >= 0.3 is 0 Å². The first-order valence-corrected chi connectivity index (χ1v) is 3.85. The molecule has 0 spiro atoms. The van der Waals surface area contributed by atoms with E-state index in [9.17, 15) is 0 Å². The molecular weight excluding hydrogens is 160 g/mol. The van der Waals surface area contributed by atoms with E-state index in [0.29, 0.717) is 0 Å². The van der Waals surface area contributed by atoms with Gasteiger partial charge in [0.05, 0.1) is 10.6 Å². The highest BCUT2D eigenvalue weighted by atomic mass is 35.5. The number of benzene rings is 1. The van der Waals surface area contributed by atoms with Crippen molar-refractivity contribution in [2.24, 2.45) is 0 Å². The number of fused-ring (bicyclic) bond motifs is 1. The number of anilines is 1. The van der Waals surface area contributed by atoms with Gasteiger partial charge in [-0.2, -0.15) is 0 Å². The zero-order chi connectivity index (χ0) is 7.68. The maximum Gasteiger partial charge on any atom is 0.235 e. The van der Waals surface area contributed by atoms with Crippen molar-refractivity contribution in [3.63, 3.8) is 0 Å². The molecule has 0 atom stereocenters. The fourth-order valence-electron chi connectivity index (χ4n) is 1.16. The molecule has 1 aromatic carbocycles.